The second-order valence-corrected chi connectivity index (χ2v) is 9.58. The Morgan fingerprint density at radius 1 is 1.23 bits per heavy atom. The zero-order chi connectivity index (χ0) is 25.1. The van der Waals surface area contributed by atoms with Crippen molar-refractivity contribution < 1.29 is 28.2 Å². The maximum Gasteiger partial charge on any atom is 0.290 e. The third-order valence-corrected chi connectivity index (χ3v) is 6.82. The number of hydrogen-bond acceptors (Lipinski definition) is 6. The van der Waals surface area contributed by atoms with Gasteiger partial charge in [-0.25, -0.2) is 4.39 Å². The molecule has 0 saturated heterocycles. The quantitative estimate of drug-likeness (QED) is 0.468. The average Bonchev–Trinajstić information content (AvgIpc) is 3.10. The van der Waals surface area contributed by atoms with Crippen LogP contribution in [0.3, 0.4) is 0 Å². The van der Waals surface area contributed by atoms with Crippen LogP contribution >= 0.6 is 0 Å². The summed E-state index contributed by atoms with van der Waals surface area (Å²) >= 11 is 0. The maximum atomic E-state index is 14.2. The van der Waals surface area contributed by atoms with E-state index < -0.39 is 24.2 Å². The van der Waals surface area contributed by atoms with Gasteiger partial charge in [0.2, 0.25) is 0 Å². The van der Waals surface area contributed by atoms with Gasteiger partial charge in [-0.1, -0.05) is 18.7 Å². The Hall–Kier alpha value is -2.87. The summed E-state index contributed by atoms with van der Waals surface area (Å²) in [6.45, 7) is 7.58. The first-order valence-electron chi connectivity index (χ1n) is 12.4. The van der Waals surface area contributed by atoms with Gasteiger partial charge in [-0.2, -0.15) is 0 Å². The molecule has 4 rings (SSSR count). The van der Waals surface area contributed by atoms with Gasteiger partial charge >= 0.3 is 0 Å². The lowest BCUT2D eigenvalue weighted by Crippen LogP contribution is -2.42. The Kier molecular flexibility index (Phi) is 7.79. The first kappa shape index (κ1) is 25.2. The number of alkyl halides is 1. The summed E-state index contributed by atoms with van der Waals surface area (Å²) in [5, 5.41) is 0. The van der Waals surface area contributed by atoms with Crippen LogP contribution in [0.4, 0.5) is 4.39 Å². The molecule has 4 unspecified atom stereocenters. The van der Waals surface area contributed by atoms with Gasteiger partial charge in [0.25, 0.3) is 5.91 Å². The Balaban J connectivity index is 1.73. The highest BCUT2D eigenvalue weighted by Gasteiger charge is 2.52. The highest BCUT2D eigenvalue weighted by atomic mass is 19.1. The van der Waals surface area contributed by atoms with Crippen molar-refractivity contribution in [3.63, 3.8) is 0 Å². The van der Waals surface area contributed by atoms with Crippen molar-refractivity contribution in [3.8, 4) is 11.5 Å². The molecular weight excluding hydrogens is 451 g/mol. The number of halogens is 1. The van der Waals surface area contributed by atoms with E-state index in [1.54, 1.807) is 17.0 Å². The van der Waals surface area contributed by atoms with Crippen molar-refractivity contribution in [2.75, 3.05) is 40.4 Å². The van der Waals surface area contributed by atoms with E-state index in [1.165, 1.54) is 0 Å². The van der Waals surface area contributed by atoms with E-state index in [9.17, 15) is 14.0 Å². The molecule has 1 aliphatic carbocycles. The van der Waals surface area contributed by atoms with E-state index in [1.807, 2.05) is 33.2 Å². The summed E-state index contributed by atoms with van der Waals surface area (Å²) in [6, 6.07) is 4.86. The second kappa shape index (κ2) is 10.8. The number of ketones is 1. The highest BCUT2D eigenvalue weighted by Crippen LogP contribution is 2.48. The van der Waals surface area contributed by atoms with Gasteiger partial charge in [-0.15, -0.1) is 0 Å². The lowest BCUT2D eigenvalue weighted by molar-refractivity contribution is -0.136. The SMILES string of the molecule is C=CCOc1ccc(C2C3=C(OC4CCC(F)CC4C3=O)C(=O)N2CCCN(C)C)cc1OCC. The number of nitrogens with zero attached hydrogens (tertiary/aromatic N) is 2. The first-order chi connectivity index (χ1) is 16.8. The number of rotatable bonds is 10. The van der Waals surface area contributed by atoms with Gasteiger partial charge in [-0.05, 0) is 70.9 Å². The molecule has 0 spiro atoms. The normalized spacial score (nSPS) is 25.9. The predicted molar refractivity (Wildman–Crippen MR) is 130 cm³/mol. The molecule has 1 aromatic carbocycles. The Morgan fingerprint density at radius 2 is 2.03 bits per heavy atom. The number of hydrogen-bond donors (Lipinski definition) is 0. The molecule has 0 N–H and O–H groups in total. The van der Waals surface area contributed by atoms with E-state index >= 15 is 0 Å². The molecule has 4 atom stereocenters. The van der Waals surface area contributed by atoms with Crippen LogP contribution in [0.1, 0.15) is 44.2 Å². The van der Waals surface area contributed by atoms with Crippen LogP contribution in [-0.4, -0.2) is 74.2 Å². The third-order valence-electron chi connectivity index (χ3n) is 6.82. The molecule has 3 aliphatic rings. The molecular formula is C27H35FN2O5. The lowest BCUT2D eigenvalue weighted by atomic mass is 9.77. The Morgan fingerprint density at radius 3 is 2.74 bits per heavy atom. The summed E-state index contributed by atoms with van der Waals surface area (Å²) < 4.78 is 31.9. The molecule has 1 amide bonds. The van der Waals surface area contributed by atoms with Crippen LogP contribution in [0.25, 0.3) is 0 Å². The van der Waals surface area contributed by atoms with Crippen molar-refractivity contribution >= 4 is 11.7 Å². The zero-order valence-corrected chi connectivity index (χ0v) is 20.8. The fourth-order valence-electron chi connectivity index (χ4n) is 5.23. The molecule has 35 heavy (non-hydrogen) atoms. The van der Waals surface area contributed by atoms with E-state index in [0.29, 0.717) is 49.7 Å². The largest absolute Gasteiger partial charge is 0.490 e. The molecule has 1 saturated carbocycles. The minimum atomic E-state index is -1.02. The molecule has 190 valence electrons. The minimum Gasteiger partial charge on any atom is -0.490 e. The molecule has 7 nitrogen and oxygen atoms in total. The summed E-state index contributed by atoms with van der Waals surface area (Å²) in [4.78, 5) is 31.0. The molecule has 1 fully saturated rings. The number of Topliss-reactive ketones (excluding diaryl/α,β-unsaturated/α-hetero) is 1. The standard InChI is InChI=1S/C27H35FN2O5/c1-5-14-34-21-10-8-17(15-22(21)33-6-2)24-23-25(31)19-16-18(28)9-11-20(19)35-26(23)27(32)30(24)13-7-12-29(3)4/h5,8,10,15,18-20,24H,1,6-7,9,11-14,16H2,2-4H3. The summed E-state index contributed by atoms with van der Waals surface area (Å²) in [5.74, 6) is 0.224. The van der Waals surface area contributed by atoms with Crippen molar-refractivity contribution in [1.82, 2.24) is 9.80 Å². The van der Waals surface area contributed by atoms with Crippen molar-refractivity contribution in [1.29, 1.82) is 0 Å². The van der Waals surface area contributed by atoms with Crippen LogP contribution in [0.5, 0.6) is 11.5 Å². The number of benzene rings is 1. The number of fused-ring (bicyclic) bond motifs is 1. The lowest BCUT2D eigenvalue weighted by Gasteiger charge is -2.36. The zero-order valence-electron chi connectivity index (χ0n) is 20.8. The predicted octanol–water partition coefficient (Wildman–Crippen LogP) is 3.85. The van der Waals surface area contributed by atoms with Crippen LogP contribution in [0.15, 0.2) is 42.2 Å². The third kappa shape index (κ3) is 5.08. The number of carbonyl (C=O) groups excluding carboxylic acids is 2. The Labute approximate surface area is 206 Å². The Bertz CT molecular complexity index is 1010. The van der Waals surface area contributed by atoms with Crippen LogP contribution in [-0.2, 0) is 14.3 Å². The van der Waals surface area contributed by atoms with Crippen molar-refractivity contribution in [2.24, 2.45) is 5.92 Å². The molecule has 0 bridgehead atoms. The average molecular weight is 487 g/mol. The van der Waals surface area contributed by atoms with Gasteiger partial charge < -0.3 is 24.0 Å². The van der Waals surface area contributed by atoms with Gasteiger partial charge in [-0.3, -0.25) is 9.59 Å². The van der Waals surface area contributed by atoms with Gasteiger partial charge in [0.15, 0.2) is 23.0 Å². The van der Waals surface area contributed by atoms with E-state index in [-0.39, 0.29) is 23.9 Å². The van der Waals surface area contributed by atoms with Crippen LogP contribution in [0, 0.1) is 5.92 Å². The number of amides is 1. The first-order valence-corrected chi connectivity index (χ1v) is 12.4. The van der Waals surface area contributed by atoms with E-state index in [0.717, 1.165) is 18.5 Å². The fourth-order valence-corrected chi connectivity index (χ4v) is 5.23. The highest BCUT2D eigenvalue weighted by molar-refractivity contribution is 6.11. The van der Waals surface area contributed by atoms with Gasteiger partial charge in [0.1, 0.15) is 18.9 Å². The van der Waals surface area contributed by atoms with Gasteiger partial charge in [0, 0.05) is 6.54 Å². The molecule has 0 aromatic heterocycles. The summed E-state index contributed by atoms with van der Waals surface area (Å²) in [6.07, 6.45) is 1.86. The number of ether oxygens (including phenoxy) is 3. The maximum absolute atomic E-state index is 14.2. The number of carbonyl (C=O) groups is 2. The van der Waals surface area contributed by atoms with E-state index in [2.05, 4.69) is 11.5 Å². The smallest absolute Gasteiger partial charge is 0.290 e. The molecule has 1 aromatic rings. The second-order valence-electron chi connectivity index (χ2n) is 9.58. The van der Waals surface area contributed by atoms with Crippen LogP contribution < -0.4 is 9.47 Å². The van der Waals surface area contributed by atoms with Crippen molar-refractivity contribution in [3.05, 3.63) is 47.7 Å². The fraction of sp³-hybridized carbons (Fsp3) is 0.556. The van der Waals surface area contributed by atoms with E-state index in [4.69, 9.17) is 14.2 Å². The van der Waals surface area contributed by atoms with Crippen molar-refractivity contribution in [2.45, 2.75) is 50.9 Å². The minimum absolute atomic E-state index is 0.133. The molecule has 2 aliphatic heterocycles. The summed E-state index contributed by atoms with van der Waals surface area (Å²) in [7, 11) is 3.96. The monoisotopic (exact) mass is 486 g/mol. The molecule has 2 heterocycles. The topological polar surface area (TPSA) is 68.3 Å². The van der Waals surface area contributed by atoms with Crippen LogP contribution in [0.2, 0.25) is 0 Å². The van der Waals surface area contributed by atoms with Gasteiger partial charge in [0.05, 0.1) is 24.1 Å². The summed E-state index contributed by atoms with van der Waals surface area (Å²) in [5.41, 5.74) is 1.09. The molecule has 8 heteroatoms. The molecule has 0 radical (unpaired) electrons.